The number of benzene rings is 3. The molecule has 176 valence electrons. The molecular weight excluding hydrogens is 545 g/mol. The zero-order chi connectivity index (χ0) is 24.5. The molecule has 3 aromatic carbocycles. The van der Waals surface area contributed by atoms with Crippen LogP contribution in [0.4, 0.5) is 5.69 Å². The molecule has 0 aliphatic carbocycles. The van der Waals surface area contributed by atoms with Gasteiger partial charge in [0.05, 0.1) is 17.3 Å². The van der Waals surface area contributed by atoms with Gasteiger partial charge in [0.1, 0.15) is 0 Å². The van der Waals surface area contributed by atoms with Crippen molar-refractivity contribution in [1.29, 1.82) is 0 Å². The Morgan fingerprint density at radius 2 is 1.65 bits per heavy atom. The Morgan fingerprint density at radius 3 is 2.29 bits per heavy atom. The van der Waals surface area contributed by atoms with Gasteiger partial charge in [0.2, 0.25) is 0 Å². The van der Waals surface area contributed by atoms with E-state index in [9.17, 15) is 9.59 Å². The first kappa shape index (κ1) is 25.6. The highest BCUT2D eigenvalue weighted by molar-refractivity contribution is 9.10. The quantitative estimate of drug-likeness (QED) is 0.249. The van der Waals surface area contributed by atoms with Gasteiger partial charge in [-0.25, -0.2) is 5.43 Å². The number of halogens is 3. The van der Waals surface area contributed by atoms with Crippen LogP contribution in [-0.4, -0.2) is 31.2 Å². The zero-order valence-corrected chi connectivity index (χ0v) is 21.1. The Morgan fingerprint density at radius 1 is 1.00 bits per heavy atom. The number of nitrogens with zero attached hydrogens (tertiary/aromatic N) is 1. The maximum absolute atomic E-state index is 12.3. The first-order chi connectivity index (χ1) is 16.4. The second kappa shape index (κ2) is 12.4. The monoisotopic (exact) mass is 563 g/mol. The summed E-state index contributed by atoms with van der Waals surface area (Å²) in [5, 5.41) is 7.84. The van der Waals surface area contributed by atoms with Gasteiger partial charge in [-0.15, -0.1) is 0 Å². The number of nitrogens with one attached hydrogen (secondary N) is 2. The number of amides is 2. The largest absolute Gasteiger partial charge is 0.490 e. The maximum Gasteiger partial charge on any atom is 0.271 e. The molecular formula is C24H20BrCl2N3O4. The third-order valence-corrected chi connectivity index (χ3v) is 5.39. The number of hydrazone groups is 1. The first-order valence-electron chi connectivity index (χ1n) is 10.1. The van der Waals surface area contributed by atoms with Gasteiger partial charge < -0.3 is 14.8 Å². The minimum absolute atomic E-state index is 0.230. The van der Waals surface area contributed by atoms with E-state index in [0.717, 1.165) is 0 Å². The van der Waals surface area contributed by atoms with Gasteiger partial charge in [0.15, 0.2) is 18.1 Å². The number of rotatable bonds is 9. The van der Waals surface area contributed by atoms with E-state index < -0.39 is 0 Å². The van der Waals surface area contributed by atoms with E-state index in [2.05, 4.69) is 31.8 Å². The molecule has 0 fully saturated rings. The lowest BCUT2D eigenvalue weighted by Crippen LogP contribution is -2.20. The molecule has 0 saturated heterocycles. The predicted octanol–water partition coefficient (Wildman–Crippen LogP) is 5.94. The van der Waals surface area contributed by atoms with Crippen LogP contribution in [0.5, 0.6) is 11.5 Å². The molecule has 0 spiro atoms. The molecule has 0 bridgehead atoms. The summed E-state index contributed by atoms with van der Waals surface area (Å²) in [4.78, 5) is 24.4. The van der Waals surface area contributed by atoms with Gasteiger partial charge in [-0.05, 0) is 89.1 Å². The molecule has 0 unspecified atom stereocenters. The van der Waals surface area contributed by atoms with Crippen molar-refractivity contribution in [2.75, 3.05) is 18.5 Å². The van der Waals surface area contributed by atoms with Crippen molar-refractivity contribution in [3.8, 4) is 11.5 Å². The van der Waals surface area contributed by atoms with Gasteiger partial charge in [-0.1, -0.05) is 23.2 Å². The summed E-state index contributed by atoms with van der Waals surface area (Å²) in [5.41, 5.74) is 4.14. The summed E-state index contributed by atoms with van der Waals surface area (Å²) in [7, 11) is 0. The van der Waals surface area contributed by atoms with Gasteiger partial charge in [0, 0.05) is 21.3 Å². The van der Waals surface area contributed by atoms with E-state index in [1.54, 1.807) is 60.7 Å². The zero-order valence-electron chi connectivity index (χ0n) is 18.0. The highest BCUT2D eigenvalue weighted by Crippen LogP contribution is 2.36. The SMILES string of the molecule is CCOc1cc(/C=N/NC(=O)c2ccc(Cl)cc2)cc(Br)c1OCC(=O)Nc1ccc(Cl)cc1. The Kier molecular flexibility index (Phi) is 9.33. The van der Waals surface area contributed by atoms with Crippen molar-refractivity contribution >= 4 is 62.8 Å². The van der Waals surface area contributed by atoms with Crippen LogP contribution in [0.15, 0.2) is 70.2 Å². The fraction of sp³-hybridized carbons (Fsp3) is 0.125. The number of ether oxygens (including phenoxy) is 2. The summed E-state index contributed by atoms with van der Waals surface area (Å²) in [6.07, 6.45) is 1.47. The summed E-state index contributed by atoms with van der Waals surface area (Å²) < 4.78 is 11.9. The number of hydrogen-bond donors (Lipinski definition) is 2. The van der Waals surface area contributed by atoms with Crippen LogP contribution in [0.2, 0.25) is 10.0 Å². The Hall–Kier alpha value is -3.07. The van der Waals surface area contributed by atoms with E-state index in [1.807, 2.05) is 6.92 Å². The van der Waals surface area contributed by atoms with Crippen LogP contribution in [0.25, 0.3) is 0 Å². The summed E-state index contributed by atoms with van der Waals surface area (Å²) in [6.45, 7) is 1.98. The average molecular weight is 565 g/mol. The number of anilines is 1. The van der Waals surface area contributed by atoms with Crippen molar-refractivity contribution in [3.63, 3.8) is 0 Å². The molecule has 0 aromatic heterocycles. The van der Waals surface area contributed by atoms with E-state index in [0.29, 0.717) is 49.4 Å². The van der Waals surface area contributed by atoms with Crippen molar-refractivity contribution in [3.05, 3.63) is 86.3 Å². The lowest BCUT2D eigenvalue weighted by molar-refractivity contribution is -0.118. The number of carbonyl (C=O) groups is 2. The fourth-order valence-electron chi connectivity index (χ4n) is 2.76. The van der Waals surface area contributed by atoms with Crippen LogP contribution in [0.3, 0.4) is 0 Å². The number of hydrogen-bond acceptors (Lipinski definition) is 5. The molecule has 0 aliphatic heterocycles. The molecule has 7 nitrogen and oxygen atoms in total. The van der Waals surface area contributed by atoms with Crippen molar-refractivity contribution in [1.82, 2.24) is 5.43 Å². The Labute approximate surface area is 215 Å². The topological polar surface area (TPSA) is 89.0 Å². The Bertz CT molecular complexity index is 1190. The summed E-state index contributed by atoms with van der Waals surface area (Å²) in [6, 6.07) is 16.6. The predicted molar refractivity (Wildman–Crippen MR) is 137 cm³/mol. The van der Waals surface area contributed by atoms with Gasteiger partial charge >= 0.3 is 0 Å². The molecule has 0 heterocycles. The molecule has 0 atom stereocenters. The molecule has 10 heteroatoms. The third kappa shape index (κ3) is 7.48. The normalized spacial score (nSPS) is 10.7. The highest BCUT2D eigenvalue weighted by Gasteiger charge is 2.14. The van der Waals surface area contributed by atoms with Crippen LogP contribution in [0, 0.1) is 0 Å². The van der Waals surface area contributed by atoms with E-state index in [4.69, 9.17) is 32.7 Å². The molecule has 0 aliphatic rings. The van der Waals surface area contributed by atoms with E-state index in [-0.39, 0.29) is 18.4 Å². The molecule has 2 amide bonds. The summed E-state index contributed by atoms with van der Waals surface area (Å²) in [5.74, 6) is 0.0768. The molecule has 3 rings (SSSR count). The minimum Gasteiger partial charge on any atom is -0.490 e. The third-order valence-electron chi connectivity index (χ3n) is 4.29. The Balaban J connectivity index is 1.65. The number of carbonyl (C=O) groups excluding carboxylic acids is 2. The van der Waals surface area contributed by atoms with Crippen LogP contribution in [-0.2, 0) is 4.79 Å². The lowest BCUT2D eigenvalue weighted by Gasteiger charge is -2.14. The van der Waals surface area contributed by atoms with Gasteiger partial charge in [0.25, 0.3) is 11.8 Å². The molecule has 2 N–H and O–H groups in total. The lowest BCUT2D eigenvalue weighted by atomic mass is 10.2. The second-order valence-corrected chi connectivity index (χ2v) is 8.54. The minimum atomic E-state index is -0.372. The second-order valence-electron chi connectivity index (χ2n) is 6.81. The van der Waals surface area contributed by atoms with Gasteiger partial charge in [-0.2, -0.15) is 5.10 Å². The van der Waals surface area contributed by atoms with Crippen molar-refractivity contribution < 1.29 is 19.1 Å². The van der Waals surface area contributed by atoms with Gasteiger partial charge in [-0.3, -0.25) is 9.59 Å². The summed E-state index contributed by atoms with van der Waals surface area (Å²) >= 11 is 15.1. The first-order valence-corrected chi connectivity index (χ1v) is 11.6. The van der Waals surface area contributed by atoms with Crippen LogP contribution >= 0.6 is 39.1 Å². The standard InChI is InChI=1S/C24H20BrCl2N3O4/c1-2-33-21-12-15(13-28-30-24(32)16-3-5-17(26)6-4-16)11-20(25)23(21)34-14-22(31)29-19-9-7-18(27)8-10-19/h3-13H,2,14H2,1H3,(H,29,31)(H,30,32)/b28-13+. The van der Waals surface area contributed by atoms with Crippen molar-refractivity contribution in [2.45, 2.75) is 6.92 Å². The van der Waals surface area contributed by atoms with E-state index >= 15 is 0 Å². The molecule has 34 heavy (non-hydrogen) atoms. The van der Waals surface area contributed by atoms with E-state index in [1.165, 1.54) is 6.21 Å². The van der Waals surface area contributed by atoms with Crippen molar-refractivity contribution in [2.24, 2.45) is 5.10 Å². The average Bonchev–Trinajstić information content (AvgIpc) is 2.80. The molecule has 0 radical (unpaired) electrons. The smallest absolute Gasteiger partial charge is 0.271 e. The van der Waals surface area contributed by atoms with Crippen LogP contribution in [0.1, 0.15) is 22.8 Å². The maximum atomic E-state index is 12.3. The fourth-order valence-corrected chi connectivity index (χ4v) is 3.59. The molecule has 0 saturated carbocycles. The van der Waals surface area contributed by atoms with Crippen LogP contribution < -0.4 is 20.2 Å². The highest BCUT2D eigenvalue weighted by atomic mass is 79.9. The molecule has 3 aromatic rings.